The van der Waals surface area contributed by atoms with Crippen LogP contribution in [0.15, 0.2) is 0 Å². The van der Waals surface area contributed by atoms with Crippen LogP contribution in [0.2, 0.25) is 0 Å². The molecule has 6 atom stereocenters. The van der Waals surface area contributed by atoms with Crippen LogP contribution >= 0.6 is 0 Å². The average molecular weight is 310 g/mol. The number of fused-ring (bicyclic) bond motifs is 1. The van der Waals surface area contributed by atoms with E-state index in [0.29, 0.717) is 12.3 Å². The molecule has 0 aliphatic heterocycles. The first-order chi connectivity index (χ1) is 10.5. The second kappa shape index (κ2) is 7.47. The summed E-state index contributed by atoms with van der Waals surface area (Å²) in [6, 6.07) is 0. The molecule has 0 heterocycles. The van der Waals surface area contributed by atoms with Crippen molar-refractivity contribution >= 4 is 11.9 Å². The summed E-state index contributed by atoms with van der Waals surface area (Å²) < 4.78 is 0. The monoisotopic (exact) mass is 310 g/mol. The third-order valence-corrected chi connectivity index (χ3v) is 6.06. The van der Waals surface area contributed by atoms with Gasteiger partial charge >= 0.3 is 11.9 Å². The third kappa shape index (κ3) is 3.31. The van der Waals surface area contributed by atoms with Crippen LogP contribution in [0.5, 0.6) is 0 Å². The lowest BCUT2D eigenvalue weighted by atomic mass is 9.53. The Hall–Kier alpha value is -1.06. The lowest BCUT2D eigenvalue weighted by molar-refractivity contribution is -0.164. The second-order valence-corrected chi connectivity index (χ2v) is 7.31. The van der Waals surface area contributed by atoms with Gasteiger partial charge in [0.15, 0.2) is 0 Å². The summed E-state index contributed by atoms with van der Waals surface area (Å²) in [6.07, 6.45) is 7.43. The Morgan fingerprint density at radius 1 is 0.955 bits per heavy atom. The van der Waals surface area contributed by atoms with E-state index >= 15 is 0 Å². The molecular weight excluding hydrogens is 280 g/mol. The number of carboxylic acids is 2. The van der Waals surface area contributed by atoms with Crippen molar-refractivity contribution in [2.75, 3.05) is 0 Å². The Morgan fingerprint density at radius 2 is 1.59 bits per heavy atom. The maximum atomic E-state index is 11.9. The van der Waals surface area contributed by atoms with Crippen LogP contribution in [0.25, 0.3) is 0 Å². The van der Waals surface area contributed by atoms with Gasteiger partial charge in [-0.15, -0.1) is 0 Å². The van der Waals surface area contributed by atoms with Gasteiger partial charge in [0.1, 0.15) is 0 Å². The first-order valence-electron chi connectivity index (χ1n) is 8.96. The predicted octanol–water partition coefficient (Wildman–Crippen LogP) is 4.04. The van der Waals surface area contributed by atoms with E-state index in [0.717, 1.165) is 44.9 Å². The summed E-state index contributed by atoms with van der Waals surface area (Å²) in [5.41, 5.74) is 0. The number of hydrogen-bond acceptors (Lipinski definition) is 2. The van der Waals surface area contributed by atoms with Crippen molar-refractivity contribution < 1.29 is 19.8 Å². The highest BCUT2D eigenvalue weighted by molar-refractivity contribution is 5.74. The van der Waals surface area contributed by atoms with Crippen LogP contribution in [-0.4, -0.2) is 22.2 Å². The van der Waals surface area contributed by atoms with Crippen LogP contribution in [0.3, 0.4) is 0 Å². The summed E-state index contributed by atoms with van der Waals surface area (Å²) in [6.45, 7) is 4.19. The Kier molecular flexibility index (Phi) is 5.87. The quantitative estimate of drug-likeness (QED) is 0.776. The van der Waals surface area contributed by atoms with Gasteiger partial charge in [0.05, 0.1) is 11.8 Å². The molecule has 4 heteroatoms. The van der Waals surface area contributed by atoms with E-state index in [9.17, 15) is 19.8 Å². The lowest BCUT2D eigenvalue weighted by Gasteiger charge is -2.50. The predicted molar refractivity (Wildman–Crippen MR) is 84.5 cm³/mol. The van der Waals surface area contributed by atoms with Crippen molar-refractivity contribution in [3.63, 3.8) is 0 Å². The molecule has 126 valence electrons. The molecule has 2 aliphatic rings. The zero-order chi connectivity index (χ0) is 16.3. The molecule has 0 amide bonds. The van der Waals surface area contributed by atoms with Gasteiger partial charge in [-0.3, -0.25) is 9.59 Å². The lowest BCUT2D eigenvalue weighted by Crippen LogP contribution is -2.50. The first kappa shape index (κ1) is 17.3. The van der Waals surface area contributed by atoms with E-state index < -0.39 is 11.9 Å². The van der Waals surface area contributed by atoms with Crippen molar-refractivity contribution in [3.05, 3.63) is 0 Å². The summed E-state index contributed by atoms with van der Waals surface area (Å²) in [4.78, 5) is 23.7. The Balaban J connectivity index is 2.33. The fraction of sp³-hybridized carbons (Fsp3) is 0.889. The van der Waals surface area contributed by atoms with Gasteiger partial charge in [-0.25, -0.2) is 0 Å². The number of hydrogen-bond donors (Lipinski definition) is 2. The van der Waals surface area contributed by atoms with E-state index in [2.05, 4.69) is 13.8 Å². The Morgan fingerprint density at radius 3 is 2.14 bits per heavy atom. The molecule has 0 aromatic rings. The fourth-order valence-corrected chi connectivity index (χ4v) is 5.40. The van der Waals surface area contributed by atoms with Gasteiger partial charge in [-0.2, -0.15) is 0 Å². The van der Waals surface area contributed by atoms with Crippen LogP contribution < -0.4 is 0 Å². The minimum atomic E-state index is -0.706. The fourth-order valence-electron chi connectivity index (χ4n) is 5.40. The molecule has 0 aromatic heterocycles. The normalized spacial score (nSPS) is 38.3. The number of aliphatic carboxylic acids is 2. The van der Waals surface area contributed by atoms with Gasteiger partial charge in [0.2, 0.25) is 0 Å². The maximum absolute atomic E-state index is 11.9. The molecule has 2 aliphatic carbocycles. The highest BCUT2D eigenvalue weighted by Crippen LogP contribution is 2.53. The van der Waals surface area contributed by atoms with Crippen LogP contribution in [0, 0.1) is 35.5 Å². The van der Waals surface area contributed by atoms with Gasteiger partial charge < -0.3 is 10.2 Å². The largest absolute Gasteiger partial charge is 0.481 e. The minimum Gasteiger partial charge on any atom is -0.481 e. The molecule has 0 bridgehead atoms. The van der Waals surface area contributed by atoms with E-state index in [1.54, 1.807) is 0 Å². The van der Waals surface area contributed by atoms with Crippen molar-refractivity contribution in [2.24, 2.45) is 35.5 Å². The minimum absolute atomic E-state index is 0.0326. The molecule has 0 spiro atoms. The van der Waals surface area contributed by atoms with Gasteiger partial charge in [-0.05, 0) is 42.9 Å². The zero-order valence-corrected chi connectivity index (χ0v) is 13.8. The summed E-state index contributed by atoms with van der Waals surface area (Å²) in [5, 5.41) is 19.5. The molecule has 2 N–H and O–H groups in total. The molecule has 2 saturated carbocycles. The second-order valence-electron chi connectivity index (χ2n) is 7.31. The van der Waals surface area contributed by atoms with Crippen molar-refractivity contribution in [2.45, 2.75) is 65.2 Å². The van der Waals surface area contributed by atoms with Gasteiger partial charge in [-0.1, -0.05) is 46.0 Å². The van der Waals surface area contributed by atoms with Crippen LogP contribution in [0.4, 0.5) is 0 Å². The molecule has 2 fully saturated rings. The Bertz CT molecular complexity index is 404. The molecular formula is C18H30O4. The van der Waals surface area contributed by atoms with Crippen molar-refractivity contribution in [1.82, 2.24) is 0 Å². The number of carbonyl (C=O) groups is 2. The highest BCUT2D eigenvalue weighted by Gasteiger charge is 2.52. The van der Waals surface area contributed by atoms with Gasteiger partial charge in [0, 0.05) is 0 Å². The van der Waals surface area contributed by atoms with E-state index in [1.807, 2.05) is 0 Å². The molecule has 4 nitrogen and oxygen atoms in total. The topological polar surface area (TPSA) is 74.6 Å². The highest BCUT2D eigenvalue weighted by atomic mass is 16.4. The average Bonchev–Trinajstić information content (AvgIpc) is 2.46. The van der Waals surface area contributed by atoms with E-state index in [1.165, 1.54) is 0 Å². The summed E-state index contributed by atoms with van der Waals surface area (Å²) >= 11 is 0. The summed E-state index contributed by atoms with van der Waals surface area (Å²) in [5.74, 6) is -1.51. The molecule has 2 rings (SSSR count). The van der Waals surface area contributed by atoms with Crippen molar-refractivity contribution in [1.29, 1.82) is 0 Å². The zero-order valence-electron chi connectivity index (χ0n) is 13.8. The molecule has 0 radical (unpaired) electrons. The standard InChI is InChI=1S/C18H30O4/c1-3-6-11-8-5-9-13-15(11)14(17(19)20)10-12(7-4-2)16(13)18(21)22/h11-16H,3-10H2,1-2H3,(H,19,20)(H,21,22). The maximum Gasteiger partial charge on any atom is 0.307 e. The molecule has 6 unspecified atom stereocenters. The smallest absolute Gasteiger partial charge is 0.307 e. The third-order valence-electron chi connectivity index (χ3n) is 6.06. The molecule has 0 saturated heterocycles. The van der Waals surface area contributed by atoms with Crippen LogP contribution in [-0.2, 0) is 9.59 Å². The summed E-state index contributed by atoms with van der Waals surface area (Å²) in [7, 11) is 0. The number of rotatable bonds is 6. The SMILES string of the molecule is CCCC1CC(C(=O)O)C2C(CCC)CCCC2C1C(=O)O. The van der Waals surface area contributed by atoms with Gasteiger partial charge in [0.25, 0.3) is 0 Å². The Labute approximate surface area is 133 Å². The van der Waals surface area contributed by atoms with E-state index in [-0.39, 0.29) is 29.6 Å². The first-order valence-corrected chi connectivity index (χ1v) is 8.96. The number of carboxylic acid groups (broad SMARTS) is 2. The van der Waals surface area contributed by atoms with Crippen molar-refractivity contribution in [3.8, 4) is 0 Å². The van der Waals surface area contributed by atoms with Crippen LogP contribution in [0.1, 0.15) is 65.2 Å². The molecule has 0 aromatic carbocycles. The molecule has 22 heavy (non-hydrogen) atoms. The van der Waals surface area contributed by atoms with E-state index in [4.69, 9.17) is 0 Å².